The van der Waals surface area contributed by atoms with Crippen molar-refractivity contribution in [1.29, 1.82) is 0 Å². The Bertz CT molecular complexity index is 599. The number of hydrogen-bond donors (Lipinski definition) is 1. The number of likely N-dealkylation sites (N-methyl/N-ethyl adjacent to an activating group) is 1. The summed E-state index contributed by atoms with van der Waals surface area (Å²) < 4.78 is 5.59. The van der Waals surface area contributed by atoms with E-state index in [0.717, 1.165) is 30.9 Å². The van der Waals surface area contributed by atoms with Crippen LogP contribution in [0.5, 0.6) is 0 Å². The first-order valence-corrected chi connectivity index (χ1v) is 7.72. The molecule has 112 valence electrons. The Balaban J connectivity index is 1.68. The molecule has 0 aliphatic carbocycles. The van der Waals surface area contributed by atoms with Crippen LogP contribution < -0.4 is 5.32 Å². The SMILES string of the molecule is CNC1CCCN(Cc2coc(-c3cccc(Cl)c3)n2)C1. The highest BCUT2D eigenvalue weighted by Gasteiger charge is 2.19. The molecule has 1 aromatic carbocycles. The molecule has 5 heteroatoms. The number of nitrogens with zero attached hydrogens (tertiary/aromatic N) is 2. The molecule has 3 rings (SSSR count). The number of oxazole rings is 1. The summed E-state index contributed by atoms with van der Waals surface area (Å²) in [5.41, 5.74) is 1.89. The molecule has 2 heterocycles. The fourth-order valence-electron chi connectivity index (χ4n) is 2.80. The number of benzene rings is 1. The lowest BCUT2D eigenvalue weighted by Gasteiger charge is -2.31. The fraction of sp³-hybridized carbons (Fsp3) is 0.438. The number of piperidine rings is 1. The molecular weight excluding hydrogens is 286 g/mol. The van der Waals surface area contributed by atoms with Crippen LogP contribution in [0.3, 0.4) is 0 Å². The van der Waals surface area contributed by atoms with Gasteiger partial charge in [-0.05, 0) is 44.6 Å². The van der Waals surface area contributed by atoms with E-state index in [4.69, 9.17) is 16.0 Å². The van der Waals surface area contributed by atoms with E-state index in [9.17, 15) is 0 Å². The Morgan fingerprint density at radius 3 is 3.19 bits per heavy atom. The molecule has 1 saturated heterocycles. The van der Waals surface area contributed by atoms with Crippen molar-refractivity contribution in [2.45, 2.75) is 25.4 Å². The van der Waals surface area contributed by atoms with Gasteiger partial charge in [0.25, 0.3) is 0 Å². The number of hydrogen-bond acceptors (Lipinski definition) is 4. The normalized spacial score (nSPS) is 19.8. The predicted octanol–water partition coefficient (Wildman–Crippen LogP) is 3.18. The van der Waals surface area contributed by atoms with Crippen LogP contribution in [0.2, 0.25) is 5.02 Å². The standard InChI is InChI=1S/C16H20ClN3O/c1-18-14-6-3-7-20(9-14)10-15-11-21-16(19-15)12-4-2-5-13(17)8-12/h2,4-5,8,11,14,18H,3,6-7,9-10H2,1H3. The van der Waals surface area contributed by atoms with E-state index in [-0.39, 0.29) is 0 Å². The van der Waals surface area contributed by atoms with E-state index in [2.05, 4.69) is 15.2 Å². The van der Waals surface area contributed by atoms with Crippen molar-refractivity contribution in [3.8, 4) is 11.5 Å². The molecule has 1 atom stereocenters. The zero-order valence-corrected chi connectivity index (χ0v) is 12.9. The number of nitrogens with one attached hydrogen (secondary N) is 1. The van der Waals surface area contributed by atoms with Crippen LogP contribution in [0.15, 0.2) is 34.9 Å². The van der Waals surface area contributed by atoms with Crippen molar-refractivity contribution < 1.29 is 4.42 Å². The van der Waals surface area contributed by atoms with E-state index < -0.39 is 0 Å². The number of aromatic nitrogens is 1. The summed E-state index contributed by atoms with van der Waals surface area (Å²) in [6, 6.07) is 8.16. The summed E-state index contributed by atoms with van der Waals surface area (Å²) in [6.07, 6.45) is 4.23. The zero-order chi connectivity index (χ0) is 14.7. The van der Waals surface area contributed by atoms with Gasteiger partial charge in [-0.2, -0.15) is 0 Å². The Hall–Kier alpha value is -1.36. The molecule has 4 nitrogen and oxygen atoms in total. The minimum absolute atomic E-state index is 0.582. The van der Waals surface area contributed by atoms with Gasteiger partial charge in [0, 0.05) is 29.7 Å². The molecule has 2 aromatic rings. The summed E-state index contributed by atoms with van der Waals surface area (Å²) in [5, 5.41) is 4.05. The van der Waals surface area contributed by atoms with Gasteiger partial charge < -0.3 is 9.73 Å². The lowest BCUT2D eigenvalue weighted by molar-refractivity contribution is 0.186. The third kappa shape index (κ3) is 3.64. The van der Waals surface area contributed by atoms with Gasteiger partial charge >= 0.3 is 0 Å². The van der Waals surface area contributed by atoms with Crippen LogP contribution in [0.4, 0.5) is 0 Å². The molecule has 1 unspecified atom stereocenters. The smallest absolute Gasteiger partial charge is 0.226 e. The van der Waals surface area contributed by atoms with Crippen LogP contribution in [0.1, 0.15) is 18.5 Å². The molecular formula is C16H20ClN3O. The van der Waals surface area contributed by atoms with Gasteiger partial charge in [-0.25, -0.2) is 4.98 Å². The Morgan fingerprint density at radius 2 is 2.38 bits per heavy atom. The van der Waals surface area contributed by atoms with E-state index in [1.165, 1.54) is 12.8 Å². The Labute approximate surface area is 130 Å². The van der Waals surface area contributed by atoms with Crippen molar-refractivity contribution in [3.63, 3.8) is 0 Å². The van der Waals surface area contributed by atoms with Crippen molar-refractivity contribution in [2.24, 2.45) is 0 Å². The minimum atomic E-state index is 0.582. The van der Waals surface area contributed by atoms with Crippen molar-refractivity contribution in [2.75, 3.05) is 20.1 Å². The summed E-state index contributed by atoms with van der Waals surface area (Å²) in [5.74, 6) is 0.634. The first-order valence-electron chi connectivity index (χ1n) is 7.34. The van der Waals surface area contributed by atoms with E-state index in [1.54, 1.807) is 6.26 Å². The average molecular weight is 306 g/mol. The number of rotatable bonds is 4. The Morgan fingerprint density at radius 1 is 1.48 bits per heavy atom. The van der Waals surface area contributed by atoms with Crippen LogP contribution in [0.25, 0.3) is 11.5 Å². The first-order chi connectivity index (χ1) is 10.2. The van der Waals surface area contributed by atoms with Crippen LogP contribution in [0, 0.1) is 0 Å². The van der Waals surface area contributed by atoms with E-state index in [0.29, 0.717) is 17.0 Å². The lowest BCUT2D eigenvalue weighted by atomic mass is 10.1. The second-order valence-electron chi connectivity index (χ2n) is 5.52. The molecule has 0 bridgehead atoms. The van der Waals surface area contributed by atoms with Crippen LogP contribution in [-0.4, -0.2) is 36.1 Å². The van der Waals surface area contributed by atoms with Crippen LogP contribution in [-0.2, 0) is 6.54 Å². The predicted molar refractivity (Wildman–Crippen MR) is 84.3 cm³/mol. The molecule has 1 N–H and O–H groups in total. The maximum Gasteiger partial charge on any atom is 0.226 e. The second-order valence-corrected chi connectivity index (χ2v) is 5.95. The third-order valence-electron chi connectivity index (χ3n) is 3.92. The van der Waals surface area contributed by atoms with Crippen LogP contribution >= 0.6 is 11.6 Å². The highest BCUT2D eigenvalue weighted by Crippen LogP contribution is 2.23. The van der Waals surface area contributed by atoms with Crippen molar-refractivity contribution in [3.05, 3.63) is 41.2 Å². The van der Waals surface area contributed by atoms with Gasteiger partial charge in [0.2, 0.25) is 5.89 Å². The Kier molecular flexibility index (Phi) is 4.58. The molecule has 0 amide bonds. The van der Waals surface area contributed by atoms with E-state index >= 15 is 0 Å². The zero-order valence-electron chi connectivity index (χ0n) is 12.2. The minimum Gasteiger partial charge on any atom is -0.444 e. The topological polar surface area (TPSA) is 41.3 Å². The van der Waals surface area contributed by atoms with E-state index in [1.807, 2.05) is 31.3 Å². The maximum atomic E-state index is 6.00. The summed E-state index contributed by atoms with van der Waals surface area (Å²) in [7, 11) is 2.03. The molecule has 1 fully saturated rings. The lowest BCUT2D eigenvalue weighted by Crippen LogP contribution is -2.43. The quantitative estimate of drug-likeness (QED) is 0.942. The largest absolute Gasteiger partial charge is 0.444 e. The maximum absolute atomic E-state index is 6.00. The molecule has 0 spiro atoms. The summed E-state index contributed by atoms with van der Waals surface area (Å²) >= 11 is 6.00. The number of halogens is 1. The number of likely N-dealkylation sites (tertiary alicyclic amines) is 1. The fourth-order valence-corrected chi connectivity index (χ4v) is 2.99. The van der Waals surface area contributed by atoms with Gasteiger partial charge in [0.15, 0.2) is 0 Å². The monoisotopic (exact) mass is 305 g/mol. The molecule has 0 radical (unpaired) electrons. The molecule has 21 heavy (non-hydrogen) atoms. The van der Waals surface area contributed by atoms with Gasteiger partial charge in [-0.15, -0.1) is 0 Å². The van der Waals surface area contributed by atoms with Gasteiger partial charge in [-0.3, -0.25) is 4.90 Å². The first kappa shape index (κ1) is 14.6. The summed E-state index contributed by atoms with van der Waals surface area (Å²) in [6.45, 7) is 3.02. The molecule has 1 aliphatic heterocycles. The molecule has 1 aromatic heterocycles. The molecule has 0 saturated carbocycles. The molecule has 1 aliphatic rings. The summed E-state index contributed by atoms with van der Waals surface area (Å²) in [4.78, 5) is 7.00. The van der Waals surface area contributed by atoms with Crippen molar-refractivity contribution in [1.82, 2.24) is 15.2 Å². The second kappa shape index (κ2) is 6.60. The van der Waals surface area contributed by atoms with Gasteiger partial charge in [-0.1, -0.05) is 17.7 Å². The van der Waals surface area contributed by atoms with Gasteiger partial charge in [0.1, 0.15) is 6.26 Å². The van der Waals surface area contributed by atoms with Gasteiger partial charge in [0.05, 0.1) is 5.69 Å². The third-order valence-corrected chi connectivity index (χ3v) is 4.16. The average Bonchev–Trinajstić information content (AvgIpc) is 2.96. The van der Waals surface area contributed by atoms with Crippen molar-refractivity contribution >= 4 is 11.6 Å². The highest BCUT2D eigenvalue weighted by atomic mass is 35.5. The highest BCUT2D eigenvalue weighted by molar-refractivity contribution is 6.30.